The van der Waals surface area contributed by atoms with Crippen molar-refractivity contribution in [1.29, 1.82) is 0 Å². The fourth-order valence-corrected chi connectivity index (χ4v) is 2.18. The second kappa shape index (κ2) is 5.90. The van der Waals surface area contributed by atoms with E-state index in [2.05, 4.69) is 24.1 Å². The Morgan fingerprint density at radius 3 is 2.79 bits per heavy atom. The minimum absolute atomic E-state index is 0.0411. The van der Waals surface area contributed by atoms with Crippen molar-refractivity contribution in [2.45, 2.75) is 38.1 Å². The summed E-state index contributed by atoms with van der Waals surface area (Å²) in [6, 6.07) is 7.34. The zero-order valence-electron chi connectivity index (χ0n) is 11.2. The van der Waals surface area contributed by atoms with Gasteiger partial charge in [0.1, 0.15) is 0 Å². The maximum absolute atomic E-state index is 12.3. The molecule has 1 aromatic carbocycles. The first-order chi connectivity index (χ1) is 9.14. The van der Waals surface area contributed by atoms with E-state index in [1.807, 2.05) is 18.2 Å². The lowest BCUT2D eigenvalue weighted by Crippen LogP contribution is -2.51. The van der Waals surface area contributed by atoms with Crippen LogP contribution in [0.5, 0.6) is 0 Å². The van der Waals surface area contributed by atoms with Crippen LogP contribution in [0.15, 0.2) is 24.3 Å². The van der Waals surface area contributed by atoms with E-state index in [0.717, 1.165) is 18.4 Å². The third-order valence-corrected chi connectivity index (χ3v) is 3.50. The van der Waals surface area contributed by atoms with Crippen LogP contribution in [-0.2, 0) is 0 Å². The zero-order chi connectivity index (χ0) is 13.7. The Kier molecular flexibility index (Phi) is 4.24. The summed E-state index contributed by atoms with van der Waals surface area (Å²) in [5, 5.41) is 11.8. The lowest BCUT2D eigenvalue weighted by molar-refractivity contribution is 0.0850. The van der Waals surface area contributed by atoms with E-state index in [-0.39, 0.29) is 18.1 Å². The number of carbonyl (C=O) groups is 1. The van der Waals surface area contributed by atoms with Crippen LogP contribution in [0.25, 0.3) is 0 Å². The first-order valence-electron chi connectivity index (χ1n) is 6.66. The van der Waals surface area contributed by atoms with Gasteiger partial charge in [0.15, 0.2) is 0 Å². The van der Waals surface area contributed by atoms with Gasteiger partial charge in [-0.15, -0.1) is 0 Å². The van der Waals surface area contributed by atoms with Gasteiger partial charge in [-0.1, -0.05) is 24.0 Å². The number of nitrogens with one attached hydrogen (secondary N) is 1. The standard InChI is InChI=1S/C16H19NO2/c1-16(10-6-11-16)17-15(19)14-9-3-2-7-13(14)8-4-5-12-18/h2-3,7,9,18H,5-6,10-12H2,1H3,(H,17,19). The van der Waals surface area contributed by atoms with Crippen LogP contribution < -0.4 is 5.32 Å². The summed E-state index contributed by atoms with van der Waals surface area (Å²) in [4.78, 5) is 12.3. The number of hydrogen-bond donors (Lipinski definition) is 2. The van der Waals surface area contributed by atoms with Gasteiger partial charge in [0, 0.05) is 17.5 Å². The van der Waals surface area contributed by atoms with E-state index in [1.165, 1.54) is 6.42 Å². The molecule has 0 heterocycles. The third-order valence-electron chi connectivity index (χ3n) is 3.50. The summed E-state index contributed by atoms with van der Waals surface area (Å²) in [6.45, 7) is 2.12. The van der Waals surface area contributed by atoms with Crippen molar-refractivity contribution in [1.82, 2.24) is 5.32 Å². The van der Waals surface area contributed by atoms with Crippen LogP contribution in [0.2, 0.25) is 0 Å². The summed E-state index contributed by atoms with van der Waals surface area (Å²) in [5.41, 5.74) is 1.28. The van der Waals surface area contributed by atoms with Gasteiger partial charge in [-0.2, -0.15) is 0 Å². The second-order valence-corrected chi connectivity index (χ2v) is 5.19. The van der Waals surface area contributed by atoms with Crippen molar-refractivity contribution in [3.63, 3.8) is 0 Å². The normalized spacial score (nSPS) is 15.9. The summed E-state index contributed by atoms with van der Waals surface area (Å²) in [5.74, 6) is 5.74. The molecule has 1 amide bonds. The van der Waals surface area contributed by atoms with E-state index >= 15 is 0 Å². The molecule has 0 bridgehead atoms. The van der Waals surface area contributed by atoms with E-state index in [0.29, 0.717) is 12.0 Å². The Bertz CT molecular complexity index is 521. The molecule has 0 unspecified atom stereocenters. The number of carbonyl (C=O) groups excluding carboxylic acids is 1. The third kappa shape index (κ3) is 3.36. The molecule has 1 aromatic rings. The van der Waals surface area contributed by atoms with E-state index in [4.69, 9.17) is 5.11 Å². The van der Waals surface area contributed by atoms with Crippen LogP contribution in [-0.4, -0.2) is 23.2 Å². The quantitative estimate of drug-likeness (QED) is 0.815. The fourth-order valence-electron chi connectivity index (χ4n) is 2.18. The Morgan fingerprint density at radius 2 is 2.16 bits per heavy atom. The first-order valence-corrected chi connectivity index (χ1v) is 6.66. The summed E-state index contributed by atoms with van der Waals surface area (Å²) < 4.78 is 0. The summed E-state index contributed by atoms with van der Waals surface area (Å²) in [7, 11) is 0. The molecule has 0 aliphatic heterocycles. The first kappa shape index (κ1) is 13.6. The van der Waals surface area contributed by atoms with Crippen LogP contribution in [0.3, 0.4) is 0 Å². The van der Waals surface area contributed by atoms with Crippen molar-refractivity contribution in [2.24, 2.45) is 0 Å². The highest BCUT2D eigenvalue weighted by Gasteiger charge is 2.33. The van der Waals surface area contributed by atoms with Gasteiger partial charge in [0.25, 0.3) is 5.91 Å². The molecular formula is C16H19NO2. The van der Waals surface area contributed by atoms with Gasteiger partial charge in [0.05, 0.1) is 12.2 Å². The van der Waals surface area contributed by atoms with Gasteiger partial charge in [-0.3, -0.25) is 4.79 Å². The van der Waals surface area contributed by atoms with Gasteiger partial charge in [0.2, 0.25) is 0 Å². The highest BCUT2D eigenvalue weighted by atomic mass is 16.2. The molecule has 0 aromatic heterocycles. The average molecular weight is 257 g/mol. The van der Waals surface area contributed by atoms with E-state index in [1.54, 1.807) is 6.07 Å². The second-order valence-electron chi connectivity index (χ2n) is 5.19. The molecule has 19 heavy (non-hydrogen) atoms. The smallest absolute Gasteiger partial charge is 0.252 e. The van der Waals surface area contributed by atoms with Gasteiger partial charge < -0.3 is 10.4 Å². The summed E-state index contributed by atoms with van der Waals surface area (Å²) in [6.07, 6.45) is 3.68. The zero-order valence-corrected chi connectivity index (χ0v) is 11.2. The Balaban J connectivity index is 2.15. The van der Waals surface area contributed by atoms with Crippen molar-refractivity contribution in [2.75, 3.05) is 6.61 Å². The number of aliphatic hydroxyl groups excluding tert-OH is 1. The highest BCUT2D eigenvalue weighted by Crippen LogP contribution is 2.31. The molecule has 2 rings (SSSR count). The average Bonchev–Trinajstić information content (AvgIpc) is 2.37. The highest BCUT2D eigenvalue weighted by molar-refractivity contribution is 5.97. The van der Waals surface area contributed by atoms with E-state index < -0.39 is 0 Å². The van der Waals surface area contributed by atoms with Crippen molar-refractivity contribution in [3.05, 3.63) is 35.4 Å². The fraction of sp³-hybridized carbons (Fsp3) is 0.438. The minimum Gasteiger partial charge on any atom is -0.395 e. The topological polar surface area (TPSA) is 49.3 Å². The maximum atomic E-state index is 12.3. The predicted octanol–water partition coefficient (Wildman–Crippen LogP) is 2.09. The van der Waals surface area contributed by atoms with Gasteiger partial charge in [-0.05, 0) is 38.3 Å². The predicted molar refractivity (Wildman–Crippen MR) is 74.7 cm³/mol. The molecule has 1 fully saturated rings. The largest absolute Gasteiger partial charge is 0.395 e. The molecule has 1 aliphatic carbocycles. The van der Waals surface area contributed by atoms with Crippen LogP contribution in [0, 0.1) is 11.8 Å². The van der Waals surface area contributed by atoms with Gasteiger partial charge >= 0.3 is 0 Å². The summed E-state index contributed by atoms with van der Waals surface area (Å²) >= 11 is 0. The van der Waals surface area contributed by atoms with Crippen molar-refractivity contribution < 1.29 is 9.90 Å². The molecule has 1 aliphatic rings. The lowest BCUT2D eigenvalue weighted by atomic mass is 9.78. The molecule has 0 saturated heterocycles. The number of amides is 1. The molecule has 0 atom stereocenters. The van der Waals surface area contributed by atoms with Crippen molar-refractivity contribution in [3.8, 4) is 11.8 Å². The molecule has 3 heteroatoms. The number of rotatable bonds is 3. The molecule has 0 spiro atoms. The van der Waals surface area contributed by atoms with Crippen molar-refractivity contribution >= 4 is 5.91 Å². The molecule has 100 valence electrons. The van der Waals surface area contributed by atoms with Gasteiger partial charge in [-0.25, -0.2) is 0 Å². The Hall–Kier alpha value is -1.79. The lowest BCUT2D eigenvalue weighted by Gasteiger charge is -2.39. The molecule has 2 N–H and O–H groups in total. The van der Waals surface area contributed by atoms with Crippen LogP contribution in [0.4, 0.5) is 0 Å². The minimum atomic E-state index is -0.0592. The maximum Gasteiger partial charge on any atom is 0.252 e. The van der Waals surface area contributed by atoms with E-state index in [9.17, 15) is 4.79 Å². The molecule has 0 radical (unpaired) electrons. The molecule has 3 nitrogen and oxygen atoms in total. The monoisotopic (exact) mass is 257 g/mol. The number of benzene rings is 1. The Morgan fingerprint density at radius 1 is 1.42 bits per heavy atom. The number of hydrogen-bond acceptors (Lipinski definition) is 2. The van der Waals surface area contributed by atoms with Crippen LogP contribution >= 0.6 is 0 Å². The SMILES string of the molecule is CC1(NC(=O)c2ccccc2C#CCCO)CCC1. The number of aliphatic hydroxyl groups is 1. The Labute approximate surface area is 114 Å². The molecule has 1 saturated carbocycles. The van der Waals surface area contributed by atoms with Crippen LogP contribution in [0.1, 0.15) is 48.5 Å². The molecular weight excluding hydrogens is 238 g/mol.